The van der Waals surface area contributed by atoms with E-state index in [-0.39, 0.29) is 11.2 Å². The summed E-state index contributed by atoms with van der Waals surface area (Å²) in [5.41, 5.74) is 0.738. The van der Waals surface area contributed by atoms with Gasteiger partial charge in [0.05, 0.1) is 11.9 Å². The number of rotatable bonds is 9. The lowest BCUT2D eigenvalue weighted by Gasteiger charge is -2.11. The van der Waals surface area contributed by atoms with Crippen molar-refractivity contribution in [2.75, 3.05) is 23.8 Å². The molecule has 0 aliphatic heterocycles. The van der Waals surface area contributed by atoms with Crippen LogP contribution in [0.5, 0.6) is 5.75 Å². The number of hydrogen-bond donors (Lipinski definition) is 2. The Labute approximate surface area is 149 Å². The molecule has 0 radical (unpaired) electrons. The topological polar surface area (TPSA) is 76.1 Å². The van der Waals surface area contributed by atoms with Crippen molar-refractivity contribution in [3.8, 4) is 5.75 Å². The van der Waals surface area contributed by atoms with Gasteiger partial charge in [-0.2, -0.15) is 0 Å². The second-order valence-electron chi connectivity index (χ2n) is 4.75. The maximum absolute atomic E-state index is 12.3. The Kier molecular flexibility index (Phi) is 7.07. The quantitative estimate of drug-likeness (QED) is 0.522. The monoisotopic (exact) mass is 364 g/mol. The fourth-order valence-electron chi connectivity index (χ4n) is 1.74. The molecule has 1 atom stereocenters. The summed E-state index contributed by atoms with van der Waals surface area (Å²) in [7, 11) is 0. The third kappa shape index (κ3) is 5.54. The lowest BCUT2D eigenvalue weighted by Crippen LogP contribution is -2.22. The Morgan fingerprint density at radius 3 is 2.83 bits per heavy atom. The Balaban J connectivity index is 1.87. The van der Waals surface area contributed by atoms with Crippen molar-refractivity contribution in [1.29, 1.82) is 0 Å². The number of amides is 1. The molecular weight excluding hydrogens is 344 g/mol. The molecule has 24 heavy (non-hydrogen) atoms. The van der Waals surface area contributed by atoms with Crippen LogP contribution >= 0.6 is 23.1 Å². The lowest BCUT2D eigenvalue weighted by atomic mass is 10.3. The van der Waals surface area contributed by atoms with Crippen LogP contribution in [0.15, 0.2) is 41.3 Å². The van der Waals surface area contributed by atoms with Gasteiger partial charge in [-0.05, 0) is 38.1 Å². The van der Waals surface area contributed by atoms with Crippen LogP contribution in [0.3, 0.4) is 0 Å². The number of thioether (sulfide) groups is 1. The number of benzene rings is 1. The Hall–Kier alpha value is -2.06. The number of ether oxygens (including phenoxy) is 1. The molecule has 2 aromatic rings. The Morgan fingerprint density at radius 2 is 2.17 bits per heavy atom. The summed E-state index contributed by atoms with van der Waals surface area (Å²) in [4.78, 5) is 12.3. The minimum Gasteiger partial charge on any atom is -0.494 e. The molecule has 128 valence electrons. The van der Waals surface area contributed by atoms with Gasteiger partial charge in [-0.25, -0.2) is 0 Å². The minimum absolute atomic E-state index is 0.0834. The third-order valence-electron chi connectivity index (χ3n) is 2.88. The van der Waals surface area contributed by atoms with Gasteiger partial charge < -0.3 is 15.4 Å². The number of carbonyl (C=O) groups is 1. The minimum atomic E-state index is -0.281. The fourth-order valence-corrected chi connectivity index (χ4v) is 3.64. The smallest absolute Gasteiger partial charge is 0.237 e. The van der Waals surface area contributed by atoms with Crippen molar-refractivity contribution in [2.24, 2.45) is 0 Å². The molecule has 0 unspecified atom stereocenters. The summed E-state index contributed by atoms with van der Waals surface area (Å²) in [5, 5.41) is 14.5. The van der Waals surface area contributed by atoms with Gasteiger partial charge in [0.2, 0.25) is 11.0 Å². The molecule has 2 N–H and O–H groups in total. The molecule has 0 spiro atoms. The van der Waals surface area contributed by atoms with E-state index in [1.807, 2.05) is 38.1 Å². The third-order valence-corrected chi connectivity index (χ3v) is 4.95. The number of nitrogens with one attached hydrogen (secondary N) is 2. The first kappa shape index (κ1) is 18.3. The van der Waals surface area contributed by atoms with Gasteiger partial charge in [0, 0.05) is 12.2 Å². The summed E-state index contributed by atoms with van der Waals surface area (Å²) in [6.07, 6.45) is 1.75. The average molecular weight is 364 g/mol. The van der Waals surface area contributed by atoms with E-state index in [0.29, 0.717) is 13.2 Å². The molecule has 1 heterocycles. The van der Waals surface area contributed by atoms with Crippen molar-refractivity contribution < 1.29 is 9.53 Å². The second-order valence-corrected chi connectivity index (χ2v) is 7.31. The standard InChI is InChI=1S/C16H20N4O2S2/c1-4-10-17-15-19-20-16(24-15)23-11(3)14(21)18-12-6-8-13(9-7-12)22-5-2/h4,6-9,11H,1,5,10H2,2-3H3,(H,17,19)(H,18,21)/t11-/m1/s1. The predicted octanol–water partition coefficient (Wildman–Crippen LogP) is 3.65. The maximum Gasteiger partial charge on any atom is 0.237 e. The van der Waals surface area contributed by atoms with Crippen molar-refractivity contribution in [1.82, 2.24) is 10.2 Å². The molecule has 1 aromatic heterocycles. The summed E-state index contributed by atoms with van der Waals surface area (Å²) >= 11 is 2.80. The van der Waals surface area contributed by atoms with Gasteiger partial charge in [-0.15, -0.1) is 16.8 Å². The SMILES string of the molecule is C=CCNc1nnc(S[C@H](C)C(=O)Nc2ccc(OCC)cc2)s1. The van der Waals surface area contributed by atoms with Crippen molar-refractivity contribution in [3.05, 3.63) is 36.9 Å². The van der Waals surface area contributed by atoms with Gasteiger partial charge in [0.1, 0.15) is 5.75 Å². The first-order valence-corrected chi connectivity index (χ1v) is 9.20. The van der Waals surface area contributed by atoms with E-state index in [0.717, 1.165) is 20.9 Å². The Bertz CT molecular complexity index is 673. The summed E-state index contributed by atoms with van der Waals surface area (Å²) in [6, 6.07) is 7.31. The number of hydrogen-bond acceptors (Lipinski definition) is 7. The molecule has 6 nitrogen and oxygen atoms in total. The van der Waals surface area contributed by atoms with Crippen LogP contribution < -0.4 is 15.4 Å². The van der Waals surface area contributed by atoms with Gasteiger partial charge in [0.25, 0.3) is 0 Å². The van der Waals surface area contributed by atoms with Gasteiger partial charge in [-0.3, -0.25) is 4.79 Å². The molecule has 0 saturated carbocycles. The molecule has 0 fully saturated rings. The van der Waals surface area contributed by atoms with E-state index >= 15 is 0 Å². The predicted molar refractivity (Wildman–Crippen MR) is 100 cm³/mol. The molecule has 8 heteroatoms. The molecular formula is C16H20N4O2S2. The highest BCUT2D eigenvalue weighted by atomic mass is 32.2. The normalized spacial score (nSPS) is 11.6. The highest BCUT2D eigenvalue weighted by Gasteiger charge is 2.17. The number of aromatic nitrogens is 2. The van der Waals surface area contributed by atoms with Crippen LogP contribution in [0.1, 0.15) is 13.8 Å². The molecule has 0 saturated heterocycles. The fraction of sp³-hybridized carbons (Fsp3) is 0.312. The number of anilines is 2. The van der Waals surface area contributed by atoms with Crippen molar-refractivity contribution >= 4 is 39.8 Å². The first-order valence-electron chi connectivity index (χ1n) is 7.51. The van der Waals surface area contributed by atoms with E-state index in [1.165, 1.54) is 23.1 Å². The lowest BCUT2D eigenvalue weighted by molar-refractivity contribution is -0.115. The van der Waals surface area contributed by atoms with E-state index in [2.05, 4.69) is 27.4 Å². The summed E-state index contributed by atoms with van der Waals surface area (Å²) < 4.78 is 6.13. The van der Waals surface area contributed by atoms with Gasteiger partial charge in [-0.1, -0.05) is 29.2 Å². The van der Waals surface area contributed by atoms with Crippen LogP contribution in [0.2, 0.25) is 0 Å². The second kappa shape index (κ2) is 9.29. The Morgan fingerprint density at radius 1 is 1.42 bits per heavy atom. The van der Waals surface area contributed by atoms with Crippen LogP contribution in [0.25, 0.3) is 0 Å². The molecule has 2 rings (SSSR count). The summed E-state index contributed by atoms with van der Waals surface area (Å²) in [5.74, 6) is 0.700. The van der Waals surface area contributed by atoms with Crippen LogP contribution in [0, 0.1) is 0 Å². The first-order chi connectivity index (χ1) is 11.6. The zero-order valence-corrected chi connectivity index (χ0v) is 15.2. The molecule has 1 amide bonds. The van der Waals surface area contributed by atoms with Gasteiger partial charge in [0.15, 0.2) is 4.34 Å². The van der Waals surface area contributed by atoms with Crippen LogP contribution in [-0.2, 0) is 4.79 Å². The molecule has 0 aliphatic carbocycles. The van der Waals surface area contributed by atoms with Crippen molar-refractivity contribution in [3.63, 3.8) is 0 Å². The van der Waals surface area contributed by atoms with E-state index in [9.17, 15) is 4.79 Å². The van der Waals surface area contributed by atoms with Gasteiger partial charge >= 0.3 is 0 Å². The van der Waals surface area contributed by atoms with E-state index < -0.39 is 0 Å². The largest absolute Gasteiger partial charge is 0.494 e. The molecule has 0 aliphatic rings. The molecule has 0 bridgehead atoms. The molecule has 1 aromatic carbocycles. The maximum atomic E-state index is 12.3. The highest BCUT2D eigenvalue weighted by Crippen LogP contribution is 2.29. The highest BCUT2D eigenvalue weighted by molar-refractivity contribution is 8.02. The van der Waals surface area contributed by atoms with Crippen LogP contribution in [-0.4, -0.2) is 34.5 Å². The van der Waals surface area contributed by atoms with Crippen LogP contribution in [0.4, 0.5) is 10.8 Å². The number of nitrogens with zero attached hydrogens (tertiary/aromatic N) is 2. The van der Waals surface area contributed by atoms with E-state index in [4.69, 9.17) is 4.74 Å². The van der Waals surface area contributed by atoms with Crippen molar-refractivity contribution in [2.45, 2.75) is 23.4 Å². The zero-order valence-electron chi connectivity index (χ0n) is 13.6. The zero-order chi connectivity index (χ0) is 17.4. The number of carbonyl (C=O) groups excluding carboxylic acids is 1. The van der Waals surface area contributed by atoms with E-state index in [1.54, 1.807) is 6.08 Å². The average Bonchev–Trinajstić information content (AvgIpc) is 3.02. The summed E-state index contributed by atoms with van der Waals surface area (Å²) in [6.45, 7) is 8.66.